The van der Waals surface area contributed by atoms with Crippen LogP contribution < -0.4 is 10.9 Å². The van der Waals surface area contributed by atoms with Gasteiger partial charge in [0.15, 0.2) is 0 Å². The third-order valence-electron chi connectivity index (χ3n) is 2.60. The third kappa shape index (κ3) is 2.60. The van der Waals surface area contributed by atoms with Crippen molar-refractivity contribution in [2.45, 2.75) is 13.5 Å². The normalized spacial score (nSPS) is 10.4. The van der Waals surface area contributed by atoms with Gasteiger partial charge in [0, 0.05) is 30.2 Å². The molecule has 0 aliphatic carbocycles. The maximum Gasteiger partial charge on any atom is 0.288 e. The molecular weight excluding hydrogens is 270 g/mol. The molecule has 0 aliphatic heterocycles. The number of nitro groups is 1. The highest BCUT2D eigenvalue weighted by Crippen LogP contribution is 2.19. The Morgan fingerprint density at radius 3 is 2.95 bits per heavy atom. The lowest BCUT2D eigenvalue weighted by Gasteiger charge is -2.05. The van der Waals surface area contributed by atoms with Crippen LogP contribution in [0.2, 0.25) is 0 Å². The van der Waals surface area contributed by atoms with Crippen molar-refractivity contribution in [3.63, 3.8) is 0 Å². The topological polar surface area (TPSA) is 103 Å². The van der Waals surface area contributed by atoms with E-state index in [4.69, 9.17) is 0 Å². The molecule has 8 nitrogen and oxygen atoms in total. The van der Waals surface area contributed by atoms with Crippen LogP contribution in [-0.2, 0) is 6.54 Å². The number of anilines is 1. The molecule has 0 radical (unpaired) electrons. The Morgan fingerprint density at radius 1 is 1.58 bits per heavy atom. The Hall–Kier alpha value is -2.29. The Balaban J connectivity index is 2.43. The fourth-order valence-electron chi connectivity index (χ4n) is 1.63. The predicted molar refractivity (Wildman–Crippen MR) is 70.7 cm³/mol. The van der Waals surface area contributed by atoms with Crippen LogP contribution in [0.4, 0.5) is 10.7 Å². The summed E-state index contributed by atoms with van der Waals surface area (Å²) in [7, 11) is 1.72. The zero-order chi connectivity index (χ0) is 14.0. The summed E-state index contributed by atoms with van der Waals surface area (Å²) in [6, 6.07) is 1.25. The number of hydrogen-bond donors (Lipinski definition) is 1. The number of nitrogens with zero attached hydrogens (tertiary/aromatic N) is 4. The van der Waals surface area contributed by atoms with E-state index in [-0.39, 0.29) is 17.8 Å². The van der Waals surface area contributed by atoms with Gasteiger partial charge >= 0.3 is 0 Å². The summed E-state index contributed by atoms with van der Waals surface area (Å²) in [5.41, 5.74) is 0.524. The van der Waals surface area contributed by atoms with Gasteiger partial charge in [-0.3, -0.25) is 14.9 Å². The van der Waals surface area contributed by atoms with E-state index in [0.717, 1.165) is 5.00 Å². The first-order valence-corrected chi connectivity index (χ1v) is 6.14. The Kier molecular flexibility index (Phi) is 3.56. The quantitative estimate of drug-likeness (QED) is 0.662. The fraction of sp³-hybridized carbons (Fsp3) is 0.300. The highest BCUT2D eigenvalue weighted by molar-refractivity contribution is 7.10. The summed E-state index contributed by atoms with van der Waals surface area (Å²) in [4.78, 5) is 22.2. The maximum absolute atomic E-state index is 11.8. The van der Waals surface area contributed by atoms with E-state index in [9.17, 15) is 14.9 Å². The van der Waals surface area contributed by atoms with Gasteiger partial charge in [0.25, 0.3) is 11.2 Å². The van der Waals surface area contributed by atoms with Crippen molar-refractivity contribution in [1.82, 2.24) is 14.2 Å². The maximum atomic E-state index is 11.8. The minimum atomic E-state index is -0.510. The van der Waals surface area contributed by atoms with Crippen LogP contribution in [0.1, 0.15) is 11.3 Å². The first-order chi connectivity index (χ1) is 9.02. The Labute approximate surface area is 112 Å². The SMILES string of the molecule is CNc1snnc1Cn1cc([N+](=O)[O-])c(C)cc1=O. The van der Waals surface area contributed by atoms with Gasteiger partial charge in [-0.15, -0.1) is 5.10 Å². The smallest absolute Gasteiger partial charge is 0.288 e. The second-order valence-electron chi connectivity index (χ2n) is 3.86. The lowest BCUT2D eigenvalue weighted by Crippen LogP contribution is -2.21. The summed E-state index contributed by atoms with van der Waals surface area (Å²) in [5.74, 6) is 0. The van der Waals surface area contributed by atoms with Gasteiger partial charge in [-0.05, 0) is 6.92 Å². The minimum Gasteiger partial charge on any atom is -0.377 e. The lowest BCUT2D eigenvalue weighted by atomic mass is 10.2. The largest absolute Gasteiger partial charge is 0.377 e. The summed E-state index contributed by atoms with van der Waals surface area (Å²) < 4.78 is 5.03. The first-order valence-electron chi connectivity index (χ1n) is 5.37. The molecule has 2 rings (SSSR count). The number of aryl methyl sites for hydroxylation is 1. The standard InChI is InChI=1S/C10H11N5O3S/c1-6-3-9(16)14(5-8(6)15(17)18)4-7-10(11-2)19-13-12-7/h3,5,11H,4H2,1-2H3. The summed E-state index contributed by atoms with van der Waals surface area (Å²) in [5, 5.41) is 18.4. The zero-order valence-electron chi connectivity index (χ0n) is 10.3. The molecule has 19 heavy (non-hydrogen) atoms. The highest BCUT2D eigenvalue weighted by Gasteiger charge is 2.15. The van der Waals surface area contributed by atoms with Crippen molar-refractivity contribution in [2.24, 2.45) is 0 Å². The Morgan fingerprint density at radius 2 is 2.32 bits per heavy atom. The third-order valence-corrected chi connectivity index (χ3v) is 3.39. The molecule has 0 spiro atoms. The molecule has 0 fully saturated rings. The van der Waals surface area contributed by atoms with E-state index in [0.29, 0.717) is 11.3 Å². The van der Waals surface area contributed by atoms with Gasteiger partial charge in [-0.2, -0.15) is 0 Å². The molecule has 0 atom stereocenters. The number of rotatable bonds is 4. The fourth-order valence-corrected chi connectivity index (χ4v) is 2.16. The summed E-state index contributed by atoms with van der Waals surface area (Å²) >= 11 is 1.17. The Bertz CT molecular complexity index is 678. The van der Waals surface area contributed by atoms with E-state index in [1.54, 1.807) is 7.05 Å². The minimum absolute atomic E-state index is 0.0891. The molecule has 0 aliphatic rings. The average Bonchev–Trinajstić information content (AvgIpc) is 2.79. The van der Waals surface area contributed by atoms with Crippen molar-refractivity contribution in [3.05, 3.63) is 44.0 Å². The van der Waals surface area contributed by atoms with Crippen molar-refractivity contribution in [1.29, 1.82) is 0 Å². The van der Waals surface area contributed by atoms with Crippen molar-refractivity contribution >= 4 is 22.2 Å². The summed E-state index contributed by atoms with van der Waals surface area (Å²) in [6.45, 7) is 1.68. The highest BCUT2D eigenvalue weighted by atomic mass is 32.1. The van der Waals surface area contributed by atoms with E-state index in [2.05, 4.69) is 14.9 Å². The van der Waals surface area contributed by atoms with Crippen LogP contribution in [0, 0.1) is 17.0 Å². The predicted octanol–water partition coefficient (Wildman–Crippen LogP) is 1.01. The van der Waals surface area contributed by atoms with Crippen LogP contribution in [0.15, 0.2) is 17.1 Å². The van der Waals surface area contributed by atoms with Crippen LogP contribution in [0.5, 0.6) is 0 Å². The number of nitrogens with one attached hydrogen (secondary N) is 1. The summed E-state index contributed by atoms with van der Waals surface area (Å²) in [6.07, 6.45) is 1.23. The molecule has 0 saturated heterocycles. The van der Waals surface area contributed by atoms with Crippen LogP contribution in [0.25, 0.3) is 0 Å². The van der Waals surface area contributed by atoms with Crippen LogP contribution in [0.3, 0.4) is 0 Å². The molecule has 2 aromatic heterocycles. The van der Waals surface area contributed by atoms with Crippen LogP contribution in [-0.4, -0.2) is 26.1 Å². The molecule has 0 unspecified atom stereocenters. The van der Waals surface area contributed by atoms with Gasteiger partial charge in [0.1, 0.15) is 10.7 Å². The molecule has 0 bridgehead atoms. The number of hydrogen-bond acceptors (Lipinski definition) is 7. The van der Waals surface area contributed by atoms with E-state index in [1.807, 2.05) is 0 Å². The molecule has 0 saturated carbocycles. The zero-order valence-corrected chi connectivity index (χ0v) is 11.1. The molecule has 1 N–H and O–H groups in total. The van der Waals surface area contributed by atoms with Crippen molar-refractivity contribution < 1.29 is 4.92 Å². The van der Waals surface area contributed by atoms with E-state index < -0.39 is 4.92 Å². The second-order valence-corrected chi connectivity index (χ2v) is 4.62. The number of aromatic nitrogens is 3. The molecular formula is C10H11N5O3S. The second kappa shape index (κ2) is 5.14. The monoisotopic (exact) mass is 281 g/mol. The van der Waals surface area contributed by atoms with E-state index in [1.165, 1.54) is 35.3 Å². The van der Waals surface area contributed by atoms with Gasteiger partial charge in [-0.25, -0.2) is 0 Å². The van der Waals surface area contributed by atoms with Gasteiger partial charge in [0.05, 0.1) is 17.7 Å². The van der Waals surface area contributed by atoms with Crippen molar-refractivity contribution in [2.75, 3.05) is 12.4 Å². The molecule has 2 heterocycles. The lowest BCUT2D eigenvalue weighted by molar-refractivity contribution is -0.385. The molecule has 0 amide bonds. The van der Waals surface area contributed by atoms with Crippen molar-refractivity contribution in [3.8, 4) is 0 Å². The average molecular weight is 281 g/mol. The van der Waals surface area contributed by atoms with Gasteiger partial charge in [0.2, 0.25) is 0 Å². The van der Waals surface area contributed by atoms with Gasteiger partial charge in [-0.1, -0.05) is 4.49 Å². The first kappa shape index (κ1) is 13.1. The molecule has 9 heteroatoms. The molecule has 100 valence electrons. The number of pyridine rings is 1. The van der Waals surface area contributed by atoms with E-state index >= 15 is 0 Å². The van der Waals surface area contributed by atoms with Crippen LogP contribution >= 0.6 is 11.5 Å². The van der Waals surface area contributed by atoms with Gasteiger partial charge < -0.3 is 9.88 Å². The molecule has 0 aromatic carbocycles. The molecule has 2 aromatic rings.